The Morgan fingerprint density at radius 2 is 1.89 bits per heavy atom. The van der Waals surface area contributed by atoms with Crippen molar-refractivity contribution in [3.63, 3.8) is 0 Å². The number of ether oxygens (including phenoxy) is 1. The summed E-state index contributed by atoms with van der Waals surface area (Å²) in [7, 11) is 1.66. The van der Waals surface area contributed by atoms with Crippen LogP contribution in [0.3, 0.4) is 0 Å². The quantitative estimate of drug-likeness (QED) is 0.849. The maximum Gasteiger partial charge on any atom is 0.130 e. The highest BCUT2D eigenvalue weighted by atomic mass is 32.1. The van der Waals surface area contributed by atoms with Crippen LogP contribution >= 0.6 is 12.2 Å². The van der Waals surface area contributed by atoms with Gasteiger partial charge in [0.2, 0.25) is 0 Å². The fraction of sp³-hybridized carbons (Fsp3) is 0.286. The van der Waals surface area contributed by atoms with Gasteiger partial charge in [-0.2, -0.15) is 0 Å². The third kappa shape index (κ3) is 2.76. The van der Waals surface area contributed by atoms with E-state index in [1.165, 1.54) is 0 Å². The third-order valence-electron chi connectivity index (χ3n) is 2.71. The minimum atomic E-state index is 0.324. The number of methoxy groups -OCH3 is 1. The van der Waals surface area contributed by atoms with Crippen LogP contribution in [0.1, 0.15) is 25.6 Å². The first kappa shape index (κ1) is 12.8. The molecule has 0 spiro atoms. The largest absolute Gasteiger partial charge is 0.497 e. The van der Waals surface area contributed by atoms with E-state index in [2.05, 4.69) is 23.8 Å². The molecule has 0 aliphatic heterocycles. The summed E-state index contributed by atoms with van der Waals surface area (Å²) < 4.78 is 5.76. The van der Waals surface area contributed by atoms with Gasteiger partial charge in [-0.1, -0.05) is 26.1 Å². The molecule has 0 atom stereocenters. The van der Waals surface area contributed by atoms with Crippen molar-refractivity contribution in [2.24, 2.45) is 0 Å². The van der Waals surface area contributed by atoms with Gasteiger partial charge >= 0.3 is 0 Å². The number of H-pyrrole nitrogens is 1. The van der Waals surface area contributed by atoms with Crippen LogP contribution in [0.4, 0.5) is 0 Å². The van der Waals surface area contributed by atoms with E-state index in [1.54, 1.807) is 7.11 Å². The average molecular weight is 260 g/mol. The van der Waals surface area contributed by atoms with Crippen molar-refractivity contribution < 1.29 is 4.74 Å². The molecule has 94 valence electrons. The number of aromatic amines is 1. The average Bonchev–Trinajstić information content (AvgIpc) is 2.38. The smallest absolute Gasteiger partial charge is 0.130 e. The molecular weight excluding hydrogens is 244 g/mol. The molecule has 1 N–H and O–H groups in total. The number of hydrogen-bond acceptors (Lipinski definition) is 3. The molecule has 1 aromatic carbocycles. The summed E-state index contributed by atoms with van der Waals surface area (Å²) in [5, 5.41) is 0. The predicted octanol–water partition coefficient (Wildman–Crippen LogP) is 3.94. The summed E-state index contributed by atoms with van der Waals surface area (Å²) in [6, 6.07) is 9.75. The molecule has 1 aromatic heterocycles. The number of aromatic nitrogens is 2. The van der Waals surface area contributed by atoms with E-state index in [0.717, 1.165) is 22.8 Å². The first-order valence-electron chi connectivity index (χ1n) is 5.86. The molecule has 2 rings (SSSR count). The zero-order valence-corrected chi connectivity index (χ0v) is 11.5. The Morgan fingerprint density at radius 1 is 1.22 bits per heavy atom. The normalized spacial score (nSPS) is 10.7. The Labute approximate surface area is 112 Å². The van der Waals surface area contributed by atoms with Crippen molar-refractivity contribution in [2.75, 3.05) is 7.11 Å². The number of nitrogens with zero attached hydrogens (tertiary/aromatic N) is 1. The van der Waals surface area contributed by atoms with Gasteiger partial charge in [-0.3, -0.25) is 0 Å². The second-order valence-electron chi connectivity index (χ2n) is 4.40. The number of rotatable bonds is 3. The summed E-state index contributed by atoms with van der Waals surface area (Å²) in [6.45, 7) is 4.18. The topological polar surface area (TPSA) is 37.9 Å². The maximum absolute atomic E-state index is 5.20. The molecule has 0 saturated carbocycles. The SMILES string of the molecule is COc1ccc(-c2cc(=S)nc(C(C)C)[nH]2)cc1. The molecule has 2 aromatic rings. The van der Waals surface area contributed by atoms with Crippen LogP contribution in [0.5, 0.6) is 5.75 Å². The molecule has 0 saturated heterocycles. The van der Waals surface area contributed by atoms with Gasteiger partial charge in [0, 0.05) is 11.6 Å². The highest BCUT2D eigenvalue weighted by Gasteiger charge is 2.05. The van der Waals surface area contributed by atoms with Crippen LogP contribution in [0.2, 0.25) is 0 Å². The first-order chi connectivity index (χ1) is 8.60. The Bertz CT molecular complexity index is 587. The van der Waals surface area contributed by atoms with E-state index in [1.807, 2.05) is 30.3 Å². The number of benzene rings is 1. The van der Waals surface area contributed by atoms with Gasteiger partial charge in [0.05, 0.1) is 7.11 Å². The molecule has 0 fully saturated rings. The van der Waals surface area contributed by atoms with Crippen LogP contribution in [-0.4, -0.2) is 17.1 Å². The van der Waals surface area contributed by atoms with Crippen molar-refractivity contribution >= 4 is 12.2 Å². The van der Waals surface area contributed by atoms with E-state index in [9.17, 15) is 0 Å². The van der Waals surface area contributed by atoms with Gasteiger partial charge in [0.1, 0.15) is 16.2 Å². The van der Waals surface area contributed by atoms with Crippen molar-refractivity contribution in [1.29, 1.82) is 0 Å². The molecule has 0 aliphatic rings. The fourth-order valence-corrected chi connectivity index (χ4v) is 1.89. The molecule has 4 heteroatoms. The minimum Gasteiger partial charge on any atom is -0.497 e. The molecular formula is C14H16N2OS. The van der Waals surface area contributed by atoms with Crippen LogP contribution in [0, 0.1) is 4.64 Å². The zero-order valence-electron chi connectivity index (χ0n) is 10.7. The van der Waals surface area contributed by atoms with E-state index in [-0.39, 0.29) is 0 Å². The summed E-state index contributed by atoms with van der Waals surface area (Å²) in [5.74, 6) is 2.08. The molecule has 1 heterocycles. The zero-order chi connectivity index (χ0) is 13.1. The van der Waals surface area contributed by atoms with Gasteiger partial charge in [-0.05, 0) is 35.9 Å². The van der Waals surface area contributed by atoms with Crippen molar-refractivity contribution in [1.82, 2.24) is 9.97 Å². The van der Waals surface area contributed by atoms with Gasteiger partial charge in [-0.15, -0.1) is 0 Å². The first-order valence-corrected chi connectivity index (χ1v) is 6.26. The highest BCUT2D eigenvalue weighted by molar-refractivity contribution is 7.71. The van der Waals surface area contributed by atoms with Crippen LogP contribution in [0.25, 0.3) is 11.3 Å². The summed E-state index contributed by atoms with van der Waals surface area (Å²) in [4.78, 5) is 7.65. The van der Waals surface area contributed by atoms with E-state index < -0.39 is 0 Å². The Kier molecular flexibility index (Phi) is 3.77. The van der Waals surface area contributed by atoms with Crippen molar-refractivity contribution in [3.05, 3.63) is 40.8 Å². The van der Waals surface area contributed by atoms with Crippen LogP contribution < -0.4 is 4.74 Å². The lowest BCUT2D eigenvalue weighted by Gasteiger charge is -2.09. The number of hydrogen-bond donors (Lipinski definition) is 1. The lowest BCUT2D eigenvalue weighted by atomic mass is 10.1. The Hall–Kier alpha value is -1.68. The molecule has 0 radical (unpaired) electrons. The third-order valence-corrected chi connectivity index (χ3v) is 2.92. The molecule has 3 nitrogen and oxygen atoms in total. The number of nitrogens with one attached hydrogen (secondary N) is 1. The molecule has 0 bridgehead atoms. The summed E-state index contributed by atoms with van der Waals surface area (Å²) in [6.07, 6.45) is 0. The fourth-order valence-electron chi connectivity index (χ4n) is 1.68. The van der Waals surface area contributed by atoms with Crippen LogP contribution in [-0.2, 0) is 0 Å². The Morgan fingerprint density at radius 3 is 2.44 bits per heavy atom. The van der Waals surface area contributed by atoms with Crippen molar-refractivity contribution in [2.45, 2.75) is 19.8 Å². The molecule has 0 amide bonds. The molecule has 0 aliphatic carbocycles. The monoisotopic (exact) mass is 260 g/mol. The standard InChI is InChI=1S/C14H16N2OS/c1-9(2)14-15-12(8-13(18)16-14)10-4-6-11(17-3)7-5-10/h4-9H,1-3H3,(H,15,16,18). The summed E-state index contributed by atoms with van der Waals surface area (Å²) >= 11 is 5.20. The lowest BCUT2D eigenvalue weighted by Crippen LogP contribution is -1.99. The van der Waals surface area contributed by atoms with E-state index >= 15 is 0 Å². The second-order valence-corrected chi connectivity index (χ2v) is 4.82. The molecule has 18 heavy (non-hydrogen) atoms. The summed E-state index contributed by atoms with van der Waals surface area (Å²) in [5.41, 5.74) is 2.06. The molecule has 0 unspecified atom stereocenters. The minimum absolute atomic E-state index is 0.324. The van der Waals surface area contributed by atoms with Gasteiger partial charge in [0.15, 0.2) is 0 Å². The van der Waals surface area contributed by atoms with Gasteiger partial charge in [-0.25, -0.2) is 4.98 Å². The lowest BCUT2D eigenvalue weighted by molar-refractivity contribution is 0.415. The maximum atomic E-state index is 5.20. The van der Waals surface area contributed by atoms with E-state index in [0.29, 0.717) is 10.6 Å². The van der Waals surface area contributed by atoms with Gasteiger partial charge in [0.25, 0.3) is 0 Å². The van der Waals surface area contributed by atoms with E-state index in [4.69, 9.17) is 17.0 Å². The highest BCUT2D eigenvalue weighted by Crippen LogP contribution is 2.22. The Balaban J connectivity index is 2.46. The van der Waals surface area contributed by atoms with Crippen molar-refractivity contribution in [3.8, 4) is 17.0 Å². The second kappa shape index (κ2) is 5.31. The van der Waals surface area contributed by atoms with Crippen LogP contribution in [0.15, 0.2) is 30.3 Å². The van der Waals surface area contributed by atoms with Gasteiger partial charge < -0.3 is 9.72 Å². The predicted molar refractivity (Wildman–Crippen MR) is 75.5 cm³/mol.